The molecule has 0 bridgehead atoms. The van der Waals surface area contributed by atoms with Gasteiger partial charge in [0.1, 0.15) is 18.2 Å². The van der Waals surface area contributed by atoms with E-state index in [2.05, 4.69) is 6.07 Å². The fraction of sp³-hybridized carbons (Fsp3) is 0.250. The quantitative estimate of drug-likeness (QED) is 0.894. The molecule has 19 heavy (non-hydrogen) atoms. The van der Waals surface area contributed by atoms with Crippen LogP contribution in [0.3, 0.4) is 0 Å². The van der Waals surface area contributed by atoms with E-state index in [0.717, 1.165) is 23.3 Å². The van der Waals surface area contributed by atoms with Crippen molar-refractivity contribution < 1.29 is 9.13 Å². The third-order valence-corrected chi connectivity index (χ3v) is 2.98. The van der Waals surface area contributed by atoms with Crippen LogP contribution in [-0.4, -0.2) is 6.54 Å². The first-order valence-electron chi connectivity index (χ1n) is 6.36. The highest BCUT2D eigenvalue weighted by molar-refractivity contribution is 5.36. The SMILES string of the molecule is Cc1cc(CCN)ccc1OCc1ccc(F)cc1. The smallest absolute Gasteiger partial charge is 0.123 e. The molecule has 0 aliphatic carbocycles. The Hall–Kier alpha value is -1.87. The van der Waals surface area contributed by atoms with Crippen LogP contribution in [0, 0.1) is 12.7 Å². The molecule has 0 unspecified atom stereocenters. The molecule has 0 fully saturated rings. The predicted octanol–water partition coefficient (Wildman–Crippen LogP) is 3.21. The minimum Gasteiger partial charge on any atom is -0.489 e. The topological polar surface area (TPSA) is 35.2 Å². The monoisotopic (exact) mass is 259 g/mol. The zero-order valence-corrected chi connectivity index (χ0v) is 11.0. The summed E-state index contributed by atoms with van der Waals surface area (Å²) in [4.78, 5) is 0. The highest BCUT2D eigenvalue weighted by Gasteiger charge is 2.02. The number of rotatable bonds is 5. The van der Waals surface area contributed by atoms with E-state index >= 15 is 0 Å². The number of halogens is 1. The maximum atomic E-state index is 12.8. The van der Waals surface area contributed by atoms with Gasteiger partial charge < -0.3 is 10.5 Å². The first-order chi connectivity index (χ1) is 9.19. The van der Waals surface area contributed by atoms with Crippen LogP contribution >= 0.6 is 0 Å². The molecule has 3 heteroatoms. The van der Waals surface area contributed by atoms with Crippen LogP contribution in [0.15, 0.2) is 42.5 Å². The van der Waals surface area contributed by atoms with Crippen molar-refractivity contribution in [3.05, 3.63) is 65.0 Å². The van der Waals surface area contributed by atoms with E-state index in [1.807, 2.05) is 19.1 Å². The third-order valence-electron chi connectivity index (χ3n) is 2.98. The fourth-order valence-electron chi connectivity index (χ4n) is 1.94. The summed E-state index contributed by atoms with van der Waals surface area (Å²) in [7, 11) is 0. The lowest BCUT2D eigenvalue weighted by Crippen LogP contribution is -2.03. The maximum absolute atomic E-state index is 12.8. The van der Waals surface area contributed by atoms with Crippen molar-refractivity contribution in [1.29, 1.82) is 0 Å². The van der Waals surface area contributed by atoms with Crippen LogP contribution in [-0.2, 0) is 13.0 Å². The number of nitrogens with two attached hydrogens (primary N) is 1. The Morgan fingerprint density at radius 1 is 1.05 bits per heavy atom. The number of ether oxygens (including phenoxy) is 1. The van der Waals surface area contributed by atoms with Gasteiger partial charge in [0.25, 0.3) is 0 Å². The molecule has 0 heterocycles. The second kappa shape index (κ2) is 6.34. The summed E-state index contributed by atoms with van der Waals surface area (Å²) in [6.45, 7) is 3.10. The Balaban J connectivity index is 2.01. The van der Waals surface area contributed by atoms with Crippen molar-refractivity contribution in [2.24, 2.45) is 5.73 Å². The second-order valence-electron chi connectivity index (χ2n) is 4.55. The molecule has 2 rings (SSSR count). The standard InChI is InChI=1S/C16H18FNO/c1-12-10-13(8-9-18)4-7-16(12)19-11-14-2-5-15(17)6-3-14/h2-7,10H,8-9,11,18H2,1H3. The molecule has 0 spiro atoms. The van der Waals surface area contributed by atoms with Crippen LogP contribution < -0.4 is 10.5 Å². The molecule has 0 saturated carbocycles. The first-order valence-corrected chi connectivity index (χ1v) is 6.36. The normalized spacial score (nSPS) is 10.5. The minimum atomic E-state index is -0.230. The summed E-state index contributed by atoms with van der Waals surface area (Å²) in [6, 6.07) is 12.4. The largest absolute Gasteiger partial charge is 0.489 e. The van der Waals surface area contributed by atoms with Crippen LogP contribution in [0.5, 0.6) is 5.75 Å². The van der Waals surface area contributed by atoms with Crippen LogP contribution in [0.4, 0.5) is 4.39 Å². The van der Waals surface area contributed by atoms with Gasteiger partial charge in [-0.05, 0) is 54.8 Å². The van der Waals surface area contributed by atoms with Crippen molar-refractivity contribution in [2.75, 3.05) is 6.54 Å². The molecule has 0 aliphatic heterocycles. The van der Waals surface area contributed by atoms with Crippen LogP contribution in [0.25, 0.3) is 0 Å². The van der Waals surface area contributed by atoms with E-state index in [1.165, 1.54) is 17.7 Å². The van der Waals surface area contributed by atoms with E-state index in [4.69, 9.17) is 10.5 Å². The Kier molecular flexibility index (Phi) is 4.53. The molecule has 2 aromatic carbocycles. The van der Waals surface area contributed by atoms with Crippen molar-refractivity contribution in [3.8, 4) is 5.75 Å². The van der Waals surface area contributed by atoms with Crippen molar-refractivity contribution in [3.63, 3.8) is 0 Å². The van der Waals surface area contributed by atoms with E-state index in [-0.39, 0.29) is 5.82 Å². The van der Waals surface area contributed by atoms with Gasteiger partial charge >= 0.3 is 0 Å². The molecular weight excluding hydrogens is 241 g/mol. The molecule has 2 nitrogen and oxygen atoms in total. The molecule has 100 valence electrons. The molecule has 2 aromatic rings. The lowest BCUT2D eigenvalue weighted by atomic mass is 10.1. The van der Waals surface area contributed by atoms with Gasteiger partial charge in [0.05, 0.1) is 0 Å². The van der Waals surface area contributed by atoms with Crippen molar-refractivity contribution in [1.82, 2.24) is 0 Å². The van der Waals surface area contributed by atoms with Gasteiger partial charge in [-0.15, -0.1) is 0 Å². The van der Waals surface area contributed by atoms with Crippen LogP contribution in [0.2, 0.25) is 0 Å². The minimum absolute atomic E-state index is 0.230. The van der Waals surface area contributed by atoms with Gasteiger partial charge in [-0.3, -0.25) is 0 Å². The predicted molar refractivity (Wildman–Crippen MR) is 74.7 cm³/mol. The second-order valence-corrected chi connectivity index (χ2v) is 4.55. The van der Waals surface area contributed by atoms with Gasteiger partial charge in [0, 0.05) is 0 Å². The molecule has 0 radical (unpaired) electrons. The van der Waals surface area contributed by atoms with Gasteiger partial charge in [-0.1, -0.05) is 24.3 Å². The molecule has 0 amide bonds. The Morgan fingerprint density at radius 2 is 1.74 bits per heavy atom. The Labute approximate surface area is 113 Å². The molecular formula is C16H18FNO. The maximum Gasteiger partial charge on any atom is 0.123 e. The zero-order chi connectivity index (χ0) is 13.7. The fourth-order valence-corrected chi connectivity index (χ4v) is 1.94. The van der Waals surface area contributed by atoms with E-state index < -0.39 is 0 Å². The average molecular weight is 259 g/mol. The summed E-state index contributed by atoms with van der Waals surface area (Å²) in [5, 5.41) is 0. The summed E-state index contributed by atoms with van der Waals surface area (Å²) in [5.41, 5.74) is 8.79. The molecule has 0 saturated heterocycles. The summed E-state index contributed by atoms with van der Waals surface area (Å²) >= 11 is 0. The Bertz CT molecular complexity index is 537. The van der Waals surface area contributed by atoms with Crippen molar-refractivity contribution >= 4 is 0 Å². The van der Waals surface area contributed by atoms with E-state index in [0.29, 0.717) is 13.2 Å². The number of benzene rings is 2. The molecule has 0 atom stereocenters. The number of hydrogen-bond donors (Lipinski definition) is 1. The first kappa shape index (κ1) is 13.6. The summed E-state index contributed by atoms with van der Waals surface area (Å²) in [5.74, 6) is 0.621. The van der Waals surface area contributed by atoms with E-state index in [9.17, 15) is 4.39 Å². The zero-order valence-electron chi connectivity index (χ0n) is 11.0. The van der Waals surface area contributed by atoms with Gasteiger partial charge in [0.2, 0.25) is 0 Å². The third kappa shape index (κ3) is 3.80. The summed E-state index contributed by atoms with van der Waals surface area (Å²) in [6.07, 6.45) is 0.874. The number of aryl methyl sites for hydroxylation is 1. The summed E-state index contributed by atoms with van der Waals surface area (Å²) < 4.78 is 18.5. The van der Waals surface area contributed by atoms with Gasteiger partial charge in [-0.2, -0.15) is 0 Å². The average Bonchev–Trinajstić information content (AvgIpc) is 2.40. The highest BCUT2D eigenvalue weighted by Crippen LogP contribution is 2.20. The molecule has 0 aromatic heterocycles. The Morgan fingerprint density at radius 3 is 2.37 bits per heavy atom. The lowest BCUT2D eigenvalue weighted by molar-refractivity contribution is 0.304. The number of hydrogen-bond acceptors (Lipinski definition) is 2. The van der Waals surface area contributed by atoms with Gasteiger partial charge in [-0.25, -0.2) is 4.39 Å². The van der Waals surface area contributed by atoms with Crippen molar-refractivity contribution in [2.45, 2.75) is 20.0 Å². The van der Waals surface area contributed by atoms with Gasteiger partial charge in [0.15, 0.2) is 0 Å². The lowest BCUT2D eigenvalue weighted by Gasteiger charge is -2.10. The van der Waals surface area contributed by atoms with E-state index in [1.54, 1.807) is 12.1 Å². The molecule has 2 N–H and O–H groups in total. The highest BCUT2D eigenvalue weighted by atomic mass is 19.1. The van der Waals surface area contributed by atoms with Crippen LogP contribution in [0.1, 0.15) is 16.7 Å². The molecule has 0 aliphatic rings.